The lowest BCUT2D eigenvalue weighted by Crippen LogP contribution is -2.41. The maximum Gasteiger partial charge on any atom is 0.351 e. The molecule has 1 aliphatic rings. The average molecular weight is 379 g/mol. The Bertz CT molecular complexity index is 881. The monoisotopic (exact) mass is 379 g/mol. The standard InChI is InChI=1S/C15H17N5O7/c1-8(22)25-12-10(5-21)27-14(13(12)26-9(2)23)19-4-3-11(18-15(19)24)20-7-16-6-17-20/h3-4,6-7,10,12-14,21H,5H2,1-2H3. The van der Waals surface area contributed by atoms with Crippen LogP contribution in [0.1, 0.15) is 20.1 Å². The molecule has 12 heteroatoms. The molecular formula is C15H17N5O7. The average Bonchev–Trinajstić information content (AvgIpc) is 3.24. The summed E-state index contributed by atoms with van der Waals surface area (Å²) in [5, 5.41) is 13.4. The summed E-state index contributed by atoms with van der Waals surface area (Å²) < 4.78 is 18.4. The van der Waals surface area contributed by atoms with Crippen molar-refractivity contribution in [1.82, 2.24) is 24.3 Å². The van der Waals surface area contributed by atoms with Crippen molar-refractivity contribution in [2.24, 2.45) is 0 Å². The van der Waals surface area contributed by atoms with Gasteiger partial charge in [-0.25, -0.2) is 14.5 Å². The van der Waals surface area contributed by atoms with Crippen LogP contribution in [0.3, 0.4) is 0 Å². The van der Waals surface area contributed by atoms with Gasteiger partial charge in [-0.15, -0.1) is 0 Å². The number of aliphatic hydroxyl groups excluding tert-OH is 1. The smallest absolute Gasteiger partial charge is 0.351 e. The van der Waals surface area contributed by atoms with Crippen molar-refractivity contribution in [1.29, 1.82) is 0 Å². The van der Waals surface area contributed by atoms with Gasteiger partial charge in [0.05, 0.1) is 6.61 Å². The van der Waals surface area contributed by atoms with Gasteiger partial charge in [0.25, 0.3) is 0 Å². The Morgan fingerprint density at radius 2 is 1.96 bits per heavy atom. The fourth-order valence-electron chi connectivity index (χ4n) is 2.78. The van der Waals surface area contributed by atoms with Crippen LogP contribution in [0.4, 0.5) is 0 Å². The number of esters is 2. The fraction of sp³-hybridized carbons (Fsp3) is 0.467. The third kappa shape index (κ3) is 3.85. The second kappa shape index (κ2) is 7.63. The van der Waals surface area contributed by atoms with E-state index in [1.54, 1.807) is 0 Å². The number of nitrogens with zero attached hydrogens (tertiary/aromatic N) is 5. The molecule has 4 atom stereocenters. The molecule has 0 radical (unpaired) electrons. The Morgan fingerprint density at radius 1 is 1.26 bits per heavy atom. The normalized spacial score (nSPS) is 24.6. The van der Waals surface area contributed by atoms with Gasteiger partial charge in [0.2, 0.25) is 0 Å². The molecule has 4 unspecified atom stereocenters. The molecule has 2 aromatic rings. The van der Waals surface area contributed by atoms with E-state index in [0.717, 1.165) is 4.57 Å². The van der Waals surface area contributed by atoms with Gasteiger partial charge in [-0.2, -0.15) is 10.1 Å². The van der Waals surface area contributed by atoms with Gasteiger partial charge in [0, 0.05) is 20.0 Å². The summed E-state index contributed by atoms with van der Waals surface area (Å²) in [6.45, 7) is 1.83. The zero-order valence-corrected chi connectivity index (χ0v) is 14.5. The first-order valence-corrected chi connectivity index (χ1v) is 7.95. The van der Waals surface area contributed by atoms with Crippen LogP contribution in [0.5, 0.6) is 0 Å². The Hall–Kier alpha value is -3.12. The SMILES string of the molecule is CC(=O)OC1C(CO)OC(n2ccc(-n3cncn3)nc2=O)C1OC(C)=O. The van der Waals surface area contributed by atoms with E-state index in [4.69, 9.17) is 14.2 Å². The number of rotatable bonds is 5. The molecule has 1 N–H and O–H groups in total. The lowest BCUT2D eigenvalue weighted by atomic mass is 10.1. The minimum Gasteiger partial charge on any atom is -0.456 e. The van der Waals surface area contributed by atoms with Gasteiger partial charge in [-0.05, 0) is 6.07 Å². The molecule has 27 heavy (non-hydrogen) atoms. The van der Waals surface area contributed by atoms with Gasteiger partial charge in [-0.1, -0.05) is 0 Å². The minimum atomic E-state index is -1.14. The molecule has 0 bridgehead atoms. The summed E-state index contributed by atoms with van der Waals surface area (Å²) in [6.07, 6.45) is -0.301. The van der Waals surface area contributed by atoms with Crippen molar-refractivity contribution in [3.05, 3.63) is 35.4 Å². The Kier molecular flexibility index (Phi) is 5.28. The summed E-state index contributed by atoms with van der Waals surface area (Å²) in [6, 6.07) is 1.48. The number of aliphatic hydroxyl groups is 1. The third-order valence-corrected chi connectivity index (χ3v) is 3.81. The van der Waals surface area contributed by atoms with E-state index in [-0.39, 0.29) is 5.82 Å². The van der Waals surface area contributed by atoms with Crippen LogP contribution in [0.15, 0.2) is 29.7 Å². The predicted molar refractivity (Wildman–Crippen MR) is 85.5 cm³/mol. The van der Waals surface area contributed by atoms with Crippen molar-refractivity contribution in [3.8, 4) is 5.82 Å². The van der Waals surface area contributed by atoms with Crippen LogP contribution in [-0.2, 0) is 23.8 Å². The molecule has 144 valence electrons. The van der Waals surface area contributed by atoms with E-state index in [2.05, 4.69) is 15.1 Å². The van der Waals surface area contributed by atoms with E-state index in [9.17, 15) is 19.5 Å². The van der Waals surface area contributed by atoms with Gasteiger partial charge >= 0.3 is 17.6 Å². The summed E-state index contributed by atoms with van der Waals surface area (Å²) in [5.41, 5.74) is -0.717. The van der Waals surface area contributed by atoms with Crippen molar-refractivity contribution in [2.75, 3.05) is 6.61 Å². The maximum absolute atomic E-state index is 12.5. The number of ether oxygens (including phenoxy) is 3. The fourth-order valence-corrected chi connectivity index (χ4v) is 2.78. The number of aromatic nitrogens is 5. The summed E-state index contributed by atoms with van der Waals surface area (Å²) >= 11 is 0. The highest BCUT2D eigenvalue weighted by molar-refractivity contribution is 5.67. The predicted octanol–water partition coefficient (Wildman–Crippen LogP) is -1.42. The van der Waals surface area contributed by atoms with Crippen molar-refractivity contribution in [2.45, 2.75) is 38.4 Å². The topological polar surface area (TPSA) is 148 Å². The van der Waals surface area contributed by atoms with E-state index in [1.807, 2.05) is 0 Å². The third-order valence-electron chi connectivity index (χ3n) is 3.81. The summed E-state index contributed by atoms with van der Waals surface area (Å²) in [5.74, 6) is -1.08. The summed E-state index contributed by atoms with van der Waals surface area (Å²) in [4.78, 5) is 43.0. The lowest BCUT2D eigenvalue weighted by molar-refractivity contribution is -0.165. The highest BCUT2D eigenvalue weighted by atomic mass is 16.6. The first-order valence-electron chi connectivity index (χ1n) is 7.95. The van der Waals surface area contributed by atoms with Gasteiger partial charge < -0.3 is 19.3 Å². The molecule has 2 aromatic heterocycles. The largest absolute Gasteiger partial charge is 0.456 e. The van der Waals surface area contributed by atoms with Crippen LogP contribution < -0.4 is 5.69 Å². The van der Waals surface area contributed by atoms with Crippen molar-refractivity contribution < 1.29 is 28.9 Å². The Balaban J connectivity index is 1.96. The highest BCUT2D eigenvalue weighted by Gasteiger charge is 2.50. The highest BCUT2D eigenvalue weighted by Crippen LogP contribution is 2.33. The molecule has 12 nitrogen and oxygen atoms in total. The second-order valence-electron chi connectivity index (χ2n) is 5.71. The molecule has 0 saturated carbocycles. The van der Waals surface area contributed by atoms with Crippen LogP contribution in [0.25, 0.3) is 5.82 Å². The minimum absolute atomic E-state index is 0.228. The molecule has 0 aromatic carbocycles. The second-order valence-corrected chi connectivity index (χ2v) is 5.71. The Labute approximate surface area is 152 Å². The van der Waals surface area contributed by atoms with E-state index in [0.29, 0.717) is 0 Å². The first kappa shape index (κ1) is 18.7. The molecule has 3 heterocycles. The van der Waals surface area contributed by atoms with E-state index in [1.165, 1.54) is 43.4 Å². The van der Waals surface area contributed by atoms with Gasteiger partial charge in [0.1, 0.15) is 18.8 Å². The van der Waals surface area contributed by atoms with E-state index >= 15 is 0 Å². The van der Waals surface area contributed by atoms with E-state index < -0.39 is 48.8 Å². The molecule has 1 aliphatic heterocycles. The number of hydrogen-bond donors (Lipinski definition) is 1. The maximum atomic E-state index is 12.5. The summed E-state index contributed by atoms with van der Waals surface area (Å²) in [7, 11) is 0. The molecule has 1 fully saturated rings. The van der Waals surface area contributed by atoms with Crippen LogP contribution in [0.2, 0.25) is 0 Å². The molecular weight excluding hydrogens is 362 g/mol. The van der Waals surface area contributed by atoms with Crippen molar-refractivity contribution >= 4 is 11.9 Å². The lowest BCUT2D eigenvalue weighted by Gasteiger charge is -2.23. The van der Waals surface area contributed by atoms with Gasteiger partial charge in [0.15, 0.2) is 24.3 Å². The molecule has 1 saturated heterocycles. The number of carbonyl (C=O) groups is 2. The Morgan fingerprint density at radius 3 is 2.52 bits per heavy atom. The molecule has 0 spiro atoms. The van der Waals surface area contributed by atoms with Crippen LogP contribution >= 0.6 is 0 Å². The first-order chi connectivity index (χ1) is 12.9. The quantitative estimate of drug-likeness (QED) is 0.613. The van der Waals surface area contributed by atoms with Crippen molar-refractivity contribution in [3.63, 3.8) is 0 Å². The molecule has 0 amide bonds. The molecule has 0 aliphatic carbocycles. The zero-order valence-electron chi connectivity index (χ0n) is 14.5. The zero-order chi connectivity index (χ0) is 19.6. The van der Waals surface area contributed by atoms with Crippen LogP contribution in [-0.4, -0.2) is 66.3 Å². The van der Waals surface area contributed by atoms with Gasteiger partial charge in [-0.3, -0.25) is 14.2 Å². The number of carbonyl (C=O) groups excluding carboxylic acids is 2. The molecule has 3 rings (SSSR count). The van der Waals surface area contributed by atoms with Crippen LogP contribution in [0, 0.1) is 0 Å². The number of hydrogen-bond acceptors (Lipinski definition) is 10.